The Morgan fingerprint density at radius 1 is 1.15 bits per heavy atom. The zero-order valence-electron chi connectivity index (χ0n) is 18.5. The summed E-state index contributed by atoms with van der Waals surface area (Å²) < 4.78 is 39.7. The summed E-state index contributed by atoms with van der Waals surface area (Å²) in [4.78, 5) is 31.7. The van der Waals surface area contributed by atoms with Crippen molar-refractivity contribution in [1.82, 2.24) is 14.5 Å². The summed E-state index contributed by atoms with van der Waals surface area (Å²) in [5.74, 6) is -0.354. The monoisotopic (exact) mass is 471 g/mol. The van der Waals surface area contributed by atoms with E-state index in [1.54, 1.807) is 11.8 Å². The molecule has 34 heavy (non-hydrogen) atoms. The fraction of sp³-hybridized carbons (Fsp3) is 0.320. The summed E-state index contributed by atoms with van der Waals surface area (Å²) in [6, 6.07) is 12.8. The first-order valence-corrected chi connectivity index (χ1v) is 10.9. The van der Waals surface area contributed by atoms with Crippen molar-refractivity contribution in [2.24, 2.45) is 0 Å². The second kappa shape index (κ2) is 9.32. The van der Waals surface area contributed by atoms with Crippen LogP contribution in [-0.2, 0) is 23.9 Å². The largest absolute Gasteiger partial charge is 0.508 e. The molecule has 2 aromatic heterocycles. The van der Waals surface area contributed by atoms with Crippen molar-refractivity contribution < 1.29 is 23.1 Å². The van der Waals surface area contributed by atoms with Gasteiger partial charge in [0.25, 0.3) is 5.56 Å². The molecule has 178 valence electrons. The van der Waals surface area contributed by atoms with Crippen LogP contribution in [0.4, 0.5) is 13.2 Å². The van der Waals surface area contributed by atoms with Gasteiger partial charge < -0.3 is 14.6 Å². The molecule has 1 N–H and O–H groups in total. The molecule has 0 unspecified atom stereocenters. The Kier molecular flexibility index (Phi) is 6.45. The quantitative estimate of drug-likeness (QED) is 0.604. The first kappa shape index (κ1) is 23.5. The number of likely N-dealkylation sites (tertiary alicyclic amines) is 1. The number of hydrogen-bond acceptors (Lipinski definition) is 4. The normalized spacial score (nSPS) is 16.1. The van der Waals surface area contributed by atoms with E-state index in [0.717, 1.165) is 31.0 Å². The molecule has 1 amide bonds. The average molecular weight is 471 g/mol. The van der Waals surface area contributed by atoms with Crippen molar-refractivity contribution in [1.29, 1.82) is 0 Å². The van der Waals surface area contributed by atoms with Gasteiger partial charge in [0.2, 0.25) is 5.91 Å². The van der Waals surface area contributed by atoms with Crippen molar-refractivity contribution in [2.45, 2.75) is 44.9 Å². The maximum Gasteiger partial charge on any atom is 0.416 e. The molecule has 3 aromatic rings. The highest BCUT2D eigenvalue weighted by atomic mass is 19.4. The molecule has 0 spiro atoms. The molecule has 1 aliphatic rings. The van der Waals surface area contributed by atoms with Crippen molar-refractivity contribution in [3.8, 4) is 5.75 Å². The topological polar surface area (TPSA) is 75.4 Å². The molecule has 9 heteroatoms. The van der Waals surface area contributed by atoms with Gasteiger partial charge in [0.05, 0.1) is 17.3 Å². The van der Waals surface area contributed by atoms with E-state index >= 15 is 0 Å². The summed E-state index contributed by atoms with van der Waals surface area (Å²) in [6.07, 6.45) is -2.48. The number of hydrogen-bond donors (Lipinski definition) is 1. The van der Waals surface area contributed by atoms with E-state index in [9.17, 15) is 27.9 Å². The highest BCUT2D eigenvalue weighted by molar-refractivity contribution is 5.77. The third-order valence-electron chi connectivity index (χ3n) is 6.02. The van der Waals surface area contributed by atoms with Crippen LogP contribution in [-0.4, -0.2) is 32.0 Å². The lowest BCUT2D eigenvalue weighted by Gasteiger charge is -2.25. The van der Waals surface area contributed by atoms with Crippen molar-refractivity contribution in [3.05, 3.63) is 93.2 Å². The Bertz CT molecular complexity index is 1250. The maximum atomic E-state index is 13.1. The number of rotatable bonds is 5. The van der Waals surface area contributed by atoms with Gasteiger partial charge in [-0.05, 0) is 55.7 Å². The third-order valence-corrected chi connectivity index (χ3v) is 6.02. The maximum absolute atomic E-state index is 13.1. The number of carbonyl (C=O) groups is 1. The molecule has 0 saturated carbocycles. The number of alkyl halides is 3. The highest BCUT2D eigenvalue weighted by Gasteiger charge is 2.32. The lowest BCUT2D eigenvalue weighted by atomic mass is 10.1. The second-order valence-corrected chi connectivity index (χ2v) is 8.45. The summed E-state index contributed by atoms with van der Waals surface area (Å²) in [7, 11) is 0. The summed E-state index contributed by atoms with van der Waals surface area (Å²) in [6.45, 7) is 2.06. The zero-order valence-corrected chi connectivity index (χ0v) is 18.5. The fourth-order valence-electron chi connectivity index (χ4n) is 4.32. The zero-order chi connectivity index (χ0) is 24.5. The Hall–Kier alpha value is -3.62. The number of aromatic hydroxyl groups is 1. The van der Waals surface area contributed by atoms with Crippen LogP contribution >= 0.6 is 0 Å². The summed E-state index contributed by atoms with van der Waals surface area (Å²) in [5, 5.41) is 9.57. The number of carbonyl (C=O) groups excluding carboxylic acids is 1. The molecular weight excluding hydrogens is 447 g/mol. The van der Waals surface area contributed by atoms with Crippen LogP contribution in [0, 0.1) is 6.92 Å². The van der Waals surface area contributed by atoms with Crippen LogP contribution in [0.1, 0.15) is 47.1 Å². The van der Waals surface area contributed by atoms with E-state index < -0.39 is 17.3 Å². The molecule has 6 nitrogen and oxygen atoms in total. The number of nitrogens with zero attached hydrogens (tertiary/aromatic N) is 3. The number of aryl methyl sites for hydroxylation is 1. The molecule has 1 fully saturated rings. The van der Waals surface area contributed by atoms with Crippen LogP contribution < -0.4 is 5.56 Å². The molecule has 0 bridgehead atoms. The molecule has 1 aromatic carbocycles. The van der Waals surface area contributed by atoms with E-state index in [2.05, 4.69) is 4.98 Å². The molecule has 0 aliphatic carbocycles. The fourth-order valence-corrected chi connectivity index (χ4v) is 4.32. The minimum atomic E-state index is -4.38. The third kappa shape index (κ3) is 5.13. The first-order valence-electron chi connectivity index (χ1n) is 10.9. The van der Waals surface area contributed by atoms with E-state index in [-0.39, 0.29) is 24.2 Å². The number of aromatic nitrogens is 2. The Morgan fingerprint density at radius 2 is 1.88 bits per heavy atom. The van der Waals surface area contributed by atoms with Gasteiger partial charge in [0.1, 0.15) is 12.3 Å². The minimum Gasteiger partial charge on any atom is -0.508 e. The summed E-state index contributed by atoms with van der Waals surface area (Å²) in [5.41, 5.74) is 1.47. The van der Waals surface area contributed by atoms with Crippen molar-refractivity contribution in [3.63, 3.8) is 0 Å². The predicted octanol–water partition coefficient (Wildman–Crippen LogP) is 4.23. The SMILES string of the molecule is Cc1cc(O)cc(=O)n1CC(=O)N1CCC[C@H]1c1cccc(Cc2ccc(C(F)(F)F)cc2)n1. The van der Waals surface area contributed by atoms with Gasteiger partial charge in [-0.3, -0.25) is 14.6 Å². The van der Waals surface area contributed by atoms with Gasteiger partial charge in [0, 0.05) is 30.4 Å². The second-order valence-electron chi connectivity index (χ2n) is 8.45. The van der Waals surface area contributed by atoms with Gasteiger partial charge >= 0.3 is 6.18 Å². The molecule has 3 heterocycles. The standard InChI is InChI=1S/C25H24F3N3O3/c1-16-12-20(32)14-23(33)31(16)15-24(34)30-11-3-6-22(30)21-5-2-4-19(29-21)13-17-7-9-18(10-8-17)25(26,27)28/h2,4-5,7-10,12,14,22,32H,3,6,11,13,15H2,1H3/t22-/m0/s1. The lowest BCUT2D eigenvalue weighted by molar-refractivity contribution is -0.137. The van der Waals surface area contributed by atoms with Crippen LogP contribution in [0.3, 0.4) is 0 Å². The van der Waals surface area contributed by atoms with Crippen LogP contribution in [0.5, 0.6) is 5.75 Å². The lowest BCUT2D eigenvalue weighted by Crippen LogP contribution is -2.37. The van der Waals surface area contributed by atoms with Gasteiger partial charge in [-0.2, -0.15) is 13.2 Å². The van der Waals surface area contributed by atoms with E-state index in [1.165, 1.54) is 22.8 Å². The number of amides is 1. The smallest absolute Gasteiger partial charge is 0.416 e. The predicted molar refractivity (Wildman–Crippen MR) is 119 cm³/mol. The Labute approximate surface area is 194 Å². The van der Waals surface area contributed by atoms with Crippen molar-refractivity contribution >= 4 is 5.91 Å². The van der Waals surface area contributed by atoms with E-state index in [1.807, 2.05) is 18.2 Å². The van der Waals surface area contributed by atoms with Gasteiger partial charge in [0.15, 0.2) is 0 Å². The molecule has 1 atom stereocenters. The molecule has 0 radical (unpaired) electrons. The van der Waals surface area contributed by atoms with E-state index in [0.29, 0.717) is 35.6 Å². The van der Waals surface area contributed by atoms with Crippen molar-refractivity contribution in [2.75, 3.05) is 6.54 Å². The Balaban J connectivity index is 1.50. The molecular formula is C25H24F3N3O3. The van der Waals surface area contributed by atoms with E-state index in [4.69, 9.17) is 0 Å². The van der Waals surface area contributed by atoms with Gasteiger partial charge in [-0.25, -0.2) is 0 Å². The van der Waals surface area contributed by atoms with Crippen LogP contribution in [0.15, 0.2) is 59.4 Å². The first-order chi connectivity index (χ1) is 16.1. The van der Waals surface area contributed by atoms with Gasteiger partial charge in [-0.15, -0.1) is 0 Å². The number of benzene rings is 1. The molecule has 4 rings (SSSR count). The highest BCUT2D eigenvalue weighted by Crippen LogP contribution is 2.32. The Morgan fingerprint density at radius 3 is 2.56 bits per heavy atom. The van der Waals surface area contributed by atoms with Crippen LogP contribution in [0.2, 0.25) is 0 Å². The molecule has 1 aliphatic heterocycles. The number of pyridine rings is 2. The average Bonchev–Trinajstić information content (AvgIpc) is 3.26. The summed E-state index contributed by atoms with van der Waals surface area (Å²) >= 11 is 0. The number of halogens is 3. The molecule has 1 saturated heterocycles. The van der Waals surface area contributed by atoms with Crippen LogP contribution in [0.25, 0.3) is 0 Å². The minimum absolute atomic E-state index is 0.132. The van der Waals surface area contributed by atoms with Gasteiger partial charge in [-0.1, -0.05) is 18.2 Å².